The molecule has 0 aromatic heterocycles. The maximum atomic E-state index is 10.5. The number of unbranched alkanes of at least 4 members (excludes halogenated alkanes) is 29. The first-order chi connectivity index (χ1) is 18.6. The molecule has 0 atom stereocenters. The van der Waals surface area contributed by atoms with Crippen LogP contribution >= 0.6 is 0 Å². The van der Waals surface area contributed by atoms with Crippen LogP contribution in [0.25, 0.3) is 0 Å². The summed E-state index contributed by atoms with van der Waals surface area (Å²) in [6.45, 7) is 0. The number of aliphatic carboxylic acids is 2. The Bertz CT molecular complexity index is 447. The van der Waals surface area contributed by atoms with E-state index in [0.29, 0.717) is 12.8 Å². The van der Waals surface area contributed by atoms with Gasteiger partial charge in [-0.3, -0.25) is 9.59 Å². The summed E-state index contributed by atoms with van der Waals surface area (Å²) in [6, 6.07) is 0. The van der Waals surface area contributed by atoms with Crippen LogP contribution in [0.2, 0.25) is 0 Å². The molecule has 38 heavy (non-hydrogen) atoms. The minimum atomic E-state index is -0.655. The number of carboxylic acid groups (broad SMARTS) is 2. The van der Waals surface area contributed by atoms with Gasteiger partial charge in [-0.05, 0) is 12.8 Å². The van der Waals surface area contributed by atoms with Crippen LogP contribution in [0.3, 0.4) is 0 Å². The molecule has 0 heterocycles. The third-order valence-electron chi connectivity index (χ3n) is 8.03. The fourth-order valence-corrected chi connectivity index (χ4v) is 5.50. The Balaban J connectivity index is 3.04. The van der Waals surface area contributed by atoms with E-state index in [2.05, 4.69) is 0 Å². The first-order valence-corrected chi connectivity index (χ1v) is 17.1. The Morgan fingerprint density at radius 3 is 0.447 bits per heavy atom. The van der Waals surface area contributed by atoms with Crippen molar-refractivity contribution in [1.29, 1.82) is 0 Å². The van der Waals surface area contributed by atoms with Crippen molar-refractivity contribution < 1.29 is 19.8 Å². The highest BCUT2D eigenvalue weighted by Gasteiger charge is 1.99. The predicted octanol–water partition coefficient (Wildman–Crippen LogP) is 11.6. The van der Waals surface area contributed by atoms with E-state index in [1.807, 2.05) is 0 Å². The molecule has 0 bridgehead atoms. The van der Waals surface area contributed by atoms with Crippen molar-refractivity contribution in [3.05, 3.63) is 0 Å². The third-order valence-corrected chi connectivity index (χ3v) is 8.03. The molecule has 0 saturated carbocycles. The highest BCUT2D eigenvalue weighted by molar-refractivity contribution is 5.66. The fraction of sp³-hybridized carbons (Fsp3) is 0.941. The van der Waals surface area contributed by atoms with Crippen LogP contribution in [0, 0.1) is 0 Å². The van der Waals surface area contributed by atoms with Crippen LogP contribution in [0.1, 0.15) is 205 Å². The maximum Gasteiger partial charge on any atom is 0.303 e. The lowest BCUT2D eigenvalue weighted by molar-refractivity contribution is -0.138. The SMILES string of the molecule is O=C(O)CCCCCCCCCCCCCCCCCCCCCCCCCCCCCCCCC(=O)O. The van der Waals surface area contributed by atoms with Crippen LogP contribution in [0.4, 0.5) is 0 Å². The van der Waals surface area contributed by atoms with Crippen molar-refractivity contribution in [2.45, 2.75) is 205 Å². The second-order valence-corrected chi connectivity index (χ2v) is 11.9. The zero-order chi connectivity index (χ0) is 27.8. The standard InChI is InChI=1S/C34H66O4/c35-33(36)31-29-27-25-23-21-19-17-15-13-11-9-7-5-3-1-2-4-6-8-10-12-14-16-18-20-22-24-26-28-30-32-34(37)38/h1-32H2,(H,35,36)(H,37,38). The smallest absolute Gasteiger partial charge is 0.303 e. The lowest BCUT2D eigenvalue weighted by atomic mass is 10.0. The van der Waals surface area contributed by atoms with Crippen LogP contribution in [0.15, 0.2) is 0 Å². The summed E-state index contributed by atoms with van der Waals surface area (Å²) in [5, 5.41) is 17.2. The lowest BCUT2D eigenvalue weighted by Crippen LogP contribution is -1.93. The third kappa shape index (κ3) is 34.9. The van der Waals surface area contributed by atoms with E-state index in [0.717, 1.165) is 25.7 Å². The molecule has 0 aliphatic carbocycles. The van der Waals surface area contributed by atoms with Crippen molar-refractivity contribution in [2.24, 2.45) is 0 Å². The molecule has 0 fully saturated rings. The van der Waals surface area contributed by atoms with Crippen molar-refractivity contribution in [2.75, 3.05) is 0 Å². The van der Waals surface area contributed by atoms with Crippen molar-refractivity contribution in [1.82, 2.24) is 0 Å². The van der Waals surface area contributed by atoms with Gasteiger partial charge >= 0.3 is 11.9 Å². The summed E-state index contributed by atoms with van der Waals surface area (Å²) >= 11 is 0. The van der Waals surface area contributed by atoms with Crippen LogP contribution in [-0.4, -0.2) is 22.2 Å². The molecule has 0 unspecified atom stereocenters. The highest BCUT2D eigenvalue weighted by Crippen LogP contribution is 2.16. The topological polar surface area (TPSA) is 74.6 Å². The van der Waals surface area contributed by atoms with E-state index in [-0.39, 0.29) is 0 Å². The van der Waals surface area contributed by atoms with Gasteiger partial charge in [0.2, 0.25) is 0 Å². The summed E-state index contributed by atoms with van der Waals surface area (Å²) in [6.07, 6.45) is 40.5. The molecule has 4 nitrogen and oxygen atoms in total. The molecule has 0 aromatic rings. The number of rotatable bonds is 33. The number of carboxylic acids is 2. The lowest BCUT2D eigenvalue weighted by Gasteiger charge is -2.04. The minimum absolute atomic E-state index is 0.338. The van der Waals surface area contributed by atoms with Gasteiger partial charge in [-0.15, -0.1) is 0 Å². The van der Waals surface area contributed by atoms with Crippen molar-refractivity contribution in [3.8, 4) is 0 Å². The van der Waals surface area contributed by atoms with E-state index in [4.69, 9.17) is 10.2 Å². The van der Waals surface area contributed by atoms with Crippen molar-refractivity contribution >= 4 is 11.9 Å². The Morgan fingerprint density at radius 2 is 0.342 bits per heavy atom. The molecule has 0 aliphatic rings. The van der Waals surface area contributed by atoms with Gasteiger partial charge in [0.1, 0.15) is 0 Å². The Hall–Kier alpha value is -1.06. The first kappa shape index (κ1) is 36.9. The van der Waals surface area contributed by atoms with Gasteiger partial charge in [0, 0.05) is 12.8 Å². The van der Waals surface area contributed by atoms with Crippen LogP contribution in [0.5, 0.6) is 0 Å². The van der Waals surface area contributed by atoms with Crippen molar-refractivity contribution in [3.63, 3.8) is 0 Å². The normalized spacial score (nSPS) is 11.3. The van der Waals surface area contributed by atoms with E-state index in [9.17, 15) is 9.59 Å². The molecule has 0 amide bonds. The molecular weight excluding hydrogens is 472 g/mol. The Kier molecular flexibility index (Phi) is 31.3. The predicted molar refractivity (Wildman–Crippen MR) is 163 cm³/mol. The molecule has 0 radical (unpaired) electrons. The van der Waals surface area contributed by atoms with Gasteiger partial charge in [0.25, 0.3) is 0 Å². The zero-order valence-electron chi connectivity index (χ0n) is 25.3. The summed E-state index contributed by atoms with van der Waals surface area (Å²) < 4.78 is 0. The van der Waals surface area contributed by atoms with E-state index in [1.54, 1.807) is 0 Å². The molecule has 0 aliphatic heterocycles. The van der Waals surface area contributed by atoms with E-state index < -0.39 is 11.9 Å². The quantitative estimate of drug-likeness (QED) is 0.0815. The summed E-state index contributed by atoms with van der Waals surface area (Å²) in [4.78, 5) is 20.9. The zero-order valence-corrected chi connectivity index (χ0v) is 25.3. The Morgan fingerprint density at radius 1 is 0.237 bits per heavy atom. The summed E-state index contributed by atoms with van der Waals surface area (Å²) in [5.41, 5.74) is 0. The van der Waals surface area contributed by atoms with Gasteiger partial charge < -0.3 is 10.2 Å². The molecule has 226 valence electrons. The second-order valence-electron chi connectivity index (χ2n) is 11.9. The van der Waals surface area contributed by atoms with Gasteiger partial charge in [-0.1, -0.05) is 180 Å². The largest absolute Gasteiger partial charge is 0.481 e. The molecule has 0 spiro atoms. The van der Waals surface area contributed by atoms with E-state index >= 15 is 0 Å². The van der Waals surface area contributed by atoms with Gasteiger partial charge in [-0.25, -0.2) is 0 Å². The molecule has 4 heteroatoms. The fourth-order valence-electron chi connectivity index (χ4n) is 5.50. The van der Waals surface area contributed by atoms with Gasteiger partial charge in [-0.2, -0.15) is 0 Å². The van der Waals surface area contributed by atoms with Crippen LogP contribution in [-0.2, 0) is 9.59 Å². The molecule has 0 saturated heterocycles. The summed E-state index contributed by atoms with van der Waals surface area (Å²) in [7, 11) is 0. The number of hydrogen-bond acceptors (Lipinski definition) is 2. The average molecular weight is 539 g/mol. The summed E-state index contributed by atoms with van der Waals surface area (Å²) in [5.74, 6) is -1.31. The monoisotopic (exact) mass is 538 g/mol. The Labute approximate surface area is 237 Å². The number of hydrogen-bond donors (Lipinski definition) is 2. The average Bonchev–Trinajstić information content (AvgIpc) is 2.89. The first-order valence-electron chi connectivity index (χ1n) is 17.1. The second kappa shape index (κ2) is 32.2. The number of carbonyl (C=O) groups is 2. The molecule has 2 N–H and O–H groups in total. The van der Waals surface area contributed by atoms with Crippen LogP contribution < -0.4 is 0 Å². The minimum Gasteiger partial charge on any atom is -0.481 e. The molecule has 0 rings (SSSR count). The molecule has 0 aromatic carbocycles. The van der Waals surface area contributed by atoms with Gasteiger partial charge in [0.15, 0.2) is 0 Å². The van der Waals surface area contributed by atoms with Gasteiger partial charge in [0.05, 0.1) is 0 Å². The van der Waals surface area contributed by atoms with E-state index in [1.165, 1.54) is 167 Å². The maximum absolute atomic E-state index is 10.5. The highest BCUT2D eigenvalue weighted by atomic mass is 16.4. The molecular formula is C34H66O4.